The van der Waals surface area contributed by atoms with Crippen LogP contribution in [0.2, 0.25) is 0 Å². The summed E-state index contributed by atoms with van der Waals surface area (Å²) < 4.78 is 63.1. The van der Waals surface area contributed by atoms with Crippen LogP contribution >= 0.6 is 11.6 Å². The Morgan fingerprint density at radius 3 is 2.38 bits per heavy atom. The Hall–Kier alpha value is -0.700. The molecular formula is C12H15ClFNO4S2. The first-order valence-corrected chi connectivity index (χ1v) is 10.1. The second-order valence-electron chi connectivity index (χ2n) is 4.90. The van der Waals surface area contributed by atoms with E-state index in [1.54, 1.807) is 0 Å². The molecule has 5 nitrogen and oxygen atoms in total. The predicted molar refractivity (Wildman–Crippen MR) is 77.1 cm³/mol. The summed E-state index contributed by atoms with van der Waals surface area (Å²) in [5.74, 6) is -0.883. The largest absolute Gasteiger partial charge is 0.246 e. The molecule has 1 aliphatic rings. The maximum atomic E-state index is 13.9. The molecule has 0 heterocycles. The summed E-state index contributed by atoms with van der Waals surface area (Å²) in [7, 11) is -7.72. The van der Waals surface area contributed by atoms with Gasteiger partial charge in [-0.2, -0.15) is 4.31 Å². The van der Waals surface area contributed by atoms with Gasteiger partial charge in [-0.25, -0.2) is 21.2 Å². The molecule has 0 N–H and O–H groups in total. The van der Waals surface area contributed by atoms with E-state index < -0.39 is 30.6 Å². The van der Waals surface area contributed by atoms with Gasteiger partial charge in [0, 0.05) is 24.7 Å². The van der Waals surface area contributed by atoms with Crippen molar-refractivity contribution in [2.45, 2.75) is 28.7 Å². The van der Waals surface area contributed by atoms with Crippen molar-refractivity contribution >= 4 is 31.5 Å². The Morgan fingerprint density at radius 2 is 1.90 bits per heavy atom. The minimum atomic E-state index is -4.10. The van der Waals surface area contributed by atoms with E-state index in [-0.39, 0.29) is 23.4 Å². The lowest BCUT2D eigenvalue weighted by Gasteiger charge is -2.21. The molecule has 0 aliphatic heterocycles. The lowest BCUT2D eigenvalue weighted by molar-refractivity contribution is 0.418. The Bertz CT molecular complexity index is 745. The zero-order chi connectivity index (χ0) is 15.8. The van der Waals surface area contributed by atoms with Crippen LogP contribution in [0, 0.1) is 5.82 Å². The van der Waals surface area contributed by atoms with Gasteiger partial charge in [0.05, 0.1) is 4.90 Å². The van der Waals surface area contributed by atoms with Gasteiger partial charge in [0.25, 0.3) is 0 Å². The quantitative estimate of drug-likeness (QED) is 0.574. The van der Waals surface area contributed by atoms with Crippen LogP contribution in [0.4, 0.5) is 4.39 Å². The van der Waals surface area contributed by atoms with Gasteiger partial charge in [0.2, 0.25) is 10.0 Å². The molecule has 118 valence electrons. The smallest absolute Gasteiger partial charge is 0.224 e. The summed E-state index contributed by atoms with van der Waals surface area (Å²) in [6, 6.07) is 2.58. The molecule has 0 aromatic heterocycles. The molecule has 0 radical (unpaired) electrons. The van der Waals surface area contributed by atoms with E-state index in [1.165, 1.54) is 0 Å². The van der Waals surface area contributed by atoms with Crippen molar-refractivity contribution < 1.29 is 21.2 Å². The lowest BCUT2D eigenvalue weighted by atomic mass is 10.3. The van der Waals surface area contributed by atoms with Crippen molar-refractivity contribution in [3.05, 3.63) is 24.0 Å². The van der Waals surface area contributed by atoms with Gasteiger partial charge < -0.3 is 0 Å². The number of hydrogen-bond donors (Lipinski definition) is 0. The molecule has 9 heteroatoms. The zero-order valence-corrected chi connectivity index (χ0v) is 13.7. The molecule has 1 aromatic rings. The monoisotopic (exact) mass is 355 g/mol. The minimum absolute atomic E-state index is 0.0666. The van der Waals surface area contributed by atoms with Gasteiger partial charge in [0.1, 0.15) is 10.7 Å². The molecule has 1 fully saturated rings. The van der Waals surface area contributed by atoms with Gasteiger partial charge in [-0.15, -0.1) is 11.6 Å². The van der Waals surface area contributed by atoms with Gasteiger partial charge >= 0.3 is 0 Å². The van der Waals surface area contributed by atoms with Crippen molar-refractivity contribution in [1.82, 2.24) is 4.31 Å². The molecule has 1 saturated carbocycles. The van der Waals surface area contributed by atoms with Crippen LogP contribution in [0.15, 0.2) is 28.0 Å². The Morgan fingerprint density at radius 1 is 1.29 bits per heavy atom. The summed E-state index contributed by atoms with van der Waals surface area (Å²) >= 11 is 5.61. The van der Waals surface area contributed by atoms with Crippen LogP contribution in [0.3, 0.4) is 0 Å². The third-order valence-electron chi connectivity index (χ3n) is 3.18. The maximum absolute atomic E-state index is 13.9. The average molecular weight is 356 g/mol. The summed E-state index contributed by atoms with van der Waals surface area (Å²) in [4.78, 5) is -0.855. The van der Waals surface area contributed by atoms with Crippen LogP contribution in [0.5, 0.6) is 0 Å². The van der Waals surface area contributed by atoms with Gasteiger partial charge in [-0.1, -0.05) is 0 Å². The Labute approximate surface area is 128 Å². The van der Waals surface area contributed by atoms with Crippen molar-refractivity contribution in [2.24, 2.45) is 0 Å². The number of nitrogens with zero attached hydrogens (tertiary/aromatic N) is 1. The van der Waals surface area contributed by atoms with Crippen molar-refractivity contribution in [3.63, 3.8) is 0 Å². The third-order valence-corrected chi connectivity index (χ3v) is 6.42. The average Bonchev–Trinajstić information content (AvgIpc) is 3.18. The predicted octanol–water partition coefficient (Wildman–Crippen LogP) is 1.62. The lowest BCUT2D eigenvalue weighted by Crippen LogP contribution is -2.35. The third kappa shape index (κ3) is 3.56. The van der Waals surface area contributed by atoms with Gasteiger partial charge in [0.15, 0.2) is 9.84 Å². The van der Waals surface area contributed by atoms with Crippen molar-refractivity contribution in [2.75, 3.05) is 18.7 Å². The molecule has 0 amide bonds. The first-order valence-electron chi connectivity index (χ1n) is 6.25. The summed E-state index contributed by atoms with van der Waals surface area (Å²) in [6.45, 7) is 0.0666. The van der Waals surface area contributed by atoms with E-state index >= 15 is 0 Å². The number of hydrogen-bond acceptors (Lipinski definition) is 4. The number of sulfone groups is 1. The summed E-state index contributed by atoms with van der Waals surface area (Å²) in [5.41, 5.74) is 0. The molecule has 0 unspecified atom stereocenters. The highest BCUT2D eigenvalue weighted by molar-refractivity contribution is 7.91. The standard InChI is InChI=1S/C12H15ClFNO4S2/c1-20(16,17)10-4-5-11(14)12(8-10)21(18,19)15(7-6-13)9-2-3-9/h4-5,8-9H,2-3,6-7H2,1H3. The second kappa shape index (κ2) is 5.83. The Balaban J connectivity index is 2.53. The first kappa shape index (κ1) is 16.7. The van der Waals surface area contributed by atoms with Crippen LogP contribution in [0.25, 0.3) is 0 Å². The summed E-state index contributed by atoms with van der Waals surface area (Å²) in [5, 5.41) is 0. The topological polar surface area (TPSA) is 71.5 Å². The molecule has 0 saturated heterocycles. The first-order chi connectivity index (χ1) is 9.67. The highest BCUT2D eigenvalue weighted by atomic mass is 35.5. The normalized spacial score (nSPS) is 16.4. The van der Waals surface area contributed by atoms with E-state index in [9.17, 15) is 21.2 Å². The maximum Gasteiger partial charge on any atom is 0.246 e. The fraction of sp³-hybridized carbons (Fsp3) is 0.500. The molecule has 1 aromatic carbocycles. The molecule has 0 spiro atoms. The SMILES string of the molecule is CS(=O)(=O)c1ccc(F)c(S(=O)(=O)N(CCCl)C2CC2)c1. The summed E-state index contributed by atoms with van der Waals surface area (Å²) in [6.07, 6.45) is 2.33. The highest BCUT2D eigenvalue weighted by Crippen LogP contribution is 2.33. The van der Waals surface area contributed by atoms with Crippen LogP contribution in [-0.4, -0.2) is 45.9 Å². The number of sulfonamides is 1. The molecule has 0 bridgehead atoms. The van der Waals surface area contributed by atoms with E-state index in [1.807, 2.05) is 0 Å². The minimum Gasteiger partial charge on any atom is -0.224 e. The van der Waals surface area contributed by atoms with E-state index in [0.29, 0.717) is 12.8 Å². The Kier molecular flexibility index (Phi) is 4.63. The molecular weight excluding hydrogens is 341 g/mol. The molecule has 21 heavy (non-hydrogen) atoms. The van der Waals surface area contributed by atoms with Gasteiger partial charge in [-0.3, -0.25) is 0 Å². The van der Waals surface area contributed by atoms with Crippen molar-refractivity contribution in [3.8, 4) is 0 Å². The van der Waals surface area contributed by atoms with Crippen LogP contribution in [0.1, 0.15) is 12.8 Å². The van der Waals surface area contributed by atoms with Crippen LogP contribution < -0.4 is 0 Å². The number of halogens is 2. The van der Waals surface area contributed by atoms with Gasteiger partial charge in [-0.05, 0) is 31.0 Å². The van der Waals surface area contributed by atoms with Crippen molar-refractivity contribution in [1.29, 1.82) is 0 Å². The molecule has 2 rings (SSSR count). The van der Waals surface area contributed by atoms with E-state index in [4.69, 9.17) is 11.6 Å². The molecule has 0 atom stereocenters. The fourth-order valence-electron chi connectivity index (χ4n) is 1.98. The number of rotatable bonds is 6. The number of alkyl halides is 1. The second-order valence-corrected chi connectivity index (χ2v) is 9.15. The number of benzene rings is 1. The zero-order valence-electron chi connectivity index (χ0n) is 11.3. The fourth-order valence-corrected chi connectivity index (χ4v) is 4.77. The highest BCUT2D eigenvalue weighted by Gasteiger charge is 2.39. The van der Waals surface area contributed by atoms with E-state index in [0.717, 1.165) is 28.8 Å². The van der Waals surface area contributed by atoms with Crippen LogP contribution in [-0.2, 0) is 19.9 Å². The van der Waals surface area contributed by atoms with E-state index in [2.05, 4.69) is 0 Å². The molecule has 1 aliphatic carbocycles.